The van der Waals surface area contributed by atoms with Crippen molar-refractivity contribution in [2.75, 3.05) is 26.2 Å². The highest BCUT2D eigenvalue weighted by molar-refractivity contribution is 5.83. The van der Waals surface area contributed by atoms with E-state index in [0.717, 1.165) is 32.6 Å². The average molecular weight is 196 g/mol. The van der Waals surface area contributed by atoms with Crippen LogP contribution in [0.2, 0.25) is 0 Å². The number of hydrogen-bond acceptors (Lipinski definition) is 2. The van der Waals surface area contributed by atoms with Gasteiger partial charge in [0.1, 0.15) is 0 Å². The number of carbonyl (C=O) groups excluding carboxylic acids is 1. The Morgan fingerprint density at radius 1 is 1.29 bits per heavy atom. The lowest BCUT2D eigenvalue weighted by atomic mass is 9.80. The number of rotatable bonds is 1. The van der Waals surface area contributed by atoms with E-state index in [4.69, 9.17) is 0 Å². The standard InChI is InChI=1S/C11H20N2O/c1-10(2)7-13(8-10)9(14)11(3)4-5-12-6-11/h12H,4-8H2,1-3H3. The van der Waals surface area contributed by atoms with Crippen LogP contribution in [0.25, 0.3) is 0 Å². The summed E-state index contributed by atoms with van der Waals surface area (Å²) in [5.41, 5.74) is 0.217. The molecule has 0 bridgehead atoms. The molecule has 3 nitrogen and oxygen atoms in total. The van der Waals surface area contributed by atoms with E-state index in [1.54, 1.807) is 0 Å². The molecule has 0 spiro atoms. The molecule has 1 atom stereocenters. The molecule has 14 heavy (non-hydrogen) atoms. The van der Waals surface area contributed by atoms with Crippen LogP contribution in [0.4, 0.5) is 0 Å². The Bertz CT molecular complexity index is 246. The van der Waals surface area contributed by atoms with Crippen LogP contribution in [0.3, 0.4) is 0 Å². The summed E-state index contributed by atoms with van der Waals surface area (Å²) in [5, 5.41) is 3.27. The number of nitrogens with one attached hydrogen (secondary N) is 1. The summed E-state index contributed by atoms with van der Waals surface area (Å²) in [6, 6.07) is 0. The summed E-state index contributed by atoms with van der Waals surface area (Å²) >= 11 is 0. The number of amides is 1. The van der Waals surface area contributed by atoms with Crippen molar-refractivity contribution in [3.05, 3.63) is 0 Å². The van der Waals surface area contributed by atoms with Gasteiger partial charge >= 0.3 is 0 Å². The predicted molar refractivity (Wildman–Crippen MR) is 56.0 cm³/mol. The van der Waals surface area contributed by atoms with Gasteiger partial charge in [-0.3, -0.25) is 4.79 Å². The van der Waals surface area contributed by atoms with Gasteiger partial charge in [0.05, 0.1) is 5.41 Å². The van der Waals surface area contributed by atoms with Gasteiger partial charge in [-0.1, -0.05) is 13.8 Å². The minimum absolute atomic E-state index is 0.128. The Morgan fingerprint density at radius 3 is 2.36 bits per heavy atom. The van der Waals surface area contributed by atoms with Gasteiger partial charge < -0.3 is 10.2 Å². The van der Waals surface area contributed by atoms with Crippen LogP contribution in [0.1, 0.15) is 27.2 Å². The third-order valence-corrected chi connectivity index (χ3v) is 3.41. The predicted octanol–water partition coefficient (Wildman–Crippen LogP) is 0.854. The van der Waals surface area contributed by atoms with Crippen LogP contribution in [-0.2, 0) is 4.79 Å². The molecule has 2 saturated heterocycles. The summed E-state index contributed by atoms with van der Waals surface area (Å²) < 4.78 is 0. The first kappa shape index (κ1) is 9.97. The first-order valence-electron chi connectivity index (χ1n) is 5.43. The van der Waals surface area contributed by atoms with Crippen LogP contribution in [-0.4, -0.2) is 37.0 Å². The molecule has 80 valence electrons. The van der Waals surface area contributed by atoms with Crippen LogP contribution in [0.15, 0.2) is 0 Å². The molecule has 2 rings (SSSR count). The normalized spacial score (nSPS) is 35.5. The molecule has 2 fully saturated rings. The van der Waals surface area contributed by atoms with E-state index in [1.807, 2.05) is 4.90 Å². The van der Waals surface area contributed by atoms with Crippen LogP contribution in [0, 0.1) is 10.8 Å². The van der Waals surface area contributed by atoms with Gasteiger partial charge in [-0.25, -0.2) is 0 Å². The van der Waals surface area contributed by atoms with Crippen LogP contribution >= 0.6 is 0 Å². The molecule has 3 heteroatoms. The first-order chi connectivity index (χ1) is 6.43. The summed E-state index contributed by atoms with van der Waals surface area (Å²) in [4.78, 5) is 14.1. The molecule has 1 unspecified atom stereocenters. The third kappa shape index (κ3) is 1.54. The summed E-state index contributed by atoms with van der Waals surface area (Å²) in [6.45, 7) is 10.2. The molecule has 0 aromatic rings. The molecule has 1 N–H and O–H groups in total. The summed E-state index contributed by atoms with van der Waals surface area (Å²) in [5.74, 6) is 0.349. The van der Waals surface area contributed by atoms with Crippen LogP contribution in [0.5, 0.6) is 0 Å². The SMILES string of the molecule is CC1(C)CN(C(=O)C2(C)CCNC2)C1. The number of likely N-dealkylation sites (tertiary alicyclic amines) is 1. The maximum absolute atomic E-state index is 12.1. The monoisotopic (exact) mass is 196 g/mol. The van der Waals surface area contributed by atoms with E-state index in [2.05, 4.69) is 26.1 Å². The smallest absolute Gasteiger partial charge is 0.229 e. The molecule has 1 amide bonds. The lowest BCUT2D eigenvalue weighted by molar-refractivity contribution is -0.150. The highest BCUT2D eigenvalue weighted by Crippen LogP contribution is 2.35. The topological polar surface area (TPSA) is 32.3 Å². The zero-order valence-corrected chi connectivity index (χ0v) is 9.39. The van der Waals surface area contributed by atoms with Crippen molar-refractivity contribution in [3.8, 4) is 0 Å². The number of nitrogens with zero attached hydrogens (tertiary/aromatic N) is 1. The zero-order chi connectivity index (χ0) is 10.4. The molecule has 2 aliphatic heterocycles. The molecule has 0 aliphatic carbocycles. The molecule has 0 aromatic heterocycles. The van der Waals surface area contributed by atoms with E-state index in [0.29, 0.717) is 11.3 Å². The molecular formula is C11H20N2O. The first-order valence-corrected chi connectivity index (χ1v) is 5.43. The molecule has 2 aliphatic rings. The second-order valence-corrected chi connectivity index (χ2v) is 5.81. The van der Waals surface area contributed by atoms with Gasteiger partial charge in [-0.15, -0.1) is 0 Å². The molecular weight excluding hydrogens is 176 g/mol. The van der Waals surface area contributed by atoms with Crippen molar-refractivity contribution in [2.45, 2.75) is 27.2 Å². The van der Waals surface area contributed by atoms with E-state index >= 15 is 0 Å². The van der Waals surface area contributed by atoms with E-state index in [-0.39, 0.29) is 5.41 Å². The van der Waals surface area contributed by atoms with Crippen molar-refractivity contribution in [2.24, 2.45) is 10.8 Å². The fourth-order valence-corrected chi connectivity index (χ4v) is 2.51. The maximum atomic E-state index is 12.1. The quantitative estimate of drug-likeness (QED) is 0.674. The number of carbonyl (C=O) groups is 1. The minimum atomic E-state index is -0.128. The van der Waals surface area contributed by atoms with Gasteiger partial charge in [0, 0.05) is 19.6 Å². The van der Waals surface area contributed by atoms with Crippen molar-refractivity contribution >= 4 is 5.91 Å². The Morgan fingerprint density at radius 2 is 1.93 bits per heavy atom. The maximum Gasteiger partial charge on any atom is 0.229 e. The van der Waals surface area contributed by atoms with E-state index in [9.17, 15) is 4.79 Å². The Kier molecular flexibility index (Phi) is 2.11. The fraction of sp³-hybridized carbons (Fsp3) is 0.909. The van der Waals surface area contributed by atoms with Crippen molar-refractivity contribution in [1.29, 1.82) is 0 Å². The largest absolute Gasteiger partial charge is 0.341 e. The summed E-state index contributed by atoms with van der Waals surface area (Å²) in [7, 11) is 0. The summed E-state index contributed by atoms with van der Waals surface area (Å²) in [6.07, 6.45) is 0.989. The van der Waals surface area contributed by atoms with Crippen molar-refractivity contribution in [1.82, 2.24) is 10.2 Å². The Balaban J connectivity index is 1.96. The second-order valence-electron chi connectivity index (χ2n) is 5.81. The molecule has 2 heterocycles. The minimum Gasteiger partial charge on any atom is -0.341 e. The average Bonchev–Trinajstić information content (AvgIpc) is 2.47. The van der Waals surface area contributed by atoms with Crippen LogP contribution < -0.4 is 5.32 Å². The number of hydrogen-bond donors (Lipinski definition) is 1. The Hall–Kier alpha value is -0.570. The lowest BCUT2D eigenvalue weighted by Gasteiger charge is -2.48. The van der Waals surface area contributed by atoms with Crippen molar-refractivity contribution in [3.63, 3.8) is 0 Å². The van der Waals surface area contributed by atoms with Gasteiger partial charge in [-0.2, -0.15) is 0 Å². The molecule has 0 aromatic carbocycles. The Labute approximate surface area is 85.8 Å². The molecule has 0 saturated carbocycles. The fourth-order valence-electron chi connectivity index (χ4n) is 2.51. The van der Waals surface area contributed by atoms with E-state index < -0.39 is 0 Å². The lowest BCUT2D eigenvalue weighted by Crippen LogP contribution is -2.59. The molecule has 0 radical (unpaired) electrons. The van der Waals surface area contributed by atoms with Gasteiger partial charge in [0.15, 0.2) is 0 Å². The van der Waals surface area contributed by atoms with Gasteiger partial charge in [0.2, 0.25) is 5.91 Å². The third-order valence-electron chi connectivity index (χ3n) is 3.41. The van der Waals surface area contributed by atoms with Gasteiger partial charge in [0.25, 0.3) is 0 Å². The van der Waals surface area contributed by atoms with E-state index in [1.165, 1.54) is 0 Å². The highest BCUT2D eigenvalue weighted by atomic mass is 16.2. The van der Waals surface area contributed by atoms with Crippen molar-refractivity contribution < 1.29 is 4.79 Å². The highest BCUT2D eigenvalue weighted by Gasteiger charge is 2.45. The second kappa shape index (κ2) is 2.96. The van der Waals surface area contributed by atoms with Gasteiger partial charge in [-0.05, 0) is 25.3 Å². The zero-order valence-electron chi connectivity index (χ0n) is 9.39.